The Bertz CT molecular complexity index is 453. The van der Waals surface area contributed by atoms with Gasteiger partial charge in [-0.15, -0.1) is 0 Å². The van der Waals surface area contributed by atoms with Crippen LogP contribution in [0.15, 0.2) is 22.7 Å². The summed E-state index contributed by atoms with van der Waals surface area (Å²) in [6.07, 6.45) is 5.89. The molecule has 0 heterocycles. The van der Waals surface area contributed by atoms with E-state index in [1.165, 1.54) is 19.3 Å². The van der Waals surface area contributed by atoms with Crippen molar-refractivity contribution >= 4 is 27.5 Å². The smallest absolute Gasteiger partial charge is 0.251 e. The topological polar surface area (TPSA) is 55.1 Å². The van der Waals surface area contributed by atoms with Gasteiger partial charge < -0.3 is 11.1 Å². The van der Waals surface area contributed by atoms with E-state index in [0.29, 0.717) is 17.3 Å². The highest BCUT2D eigenvalue weighted by Crippen LogP contribution is 2.27. The number of benzene rings is 1. The lowest BCUT2D eigenvalue weighted by Crippen LogP contribution is -2.37. The minimum Gasteiger partial charge on any atom is -0.398 e. The highest BCUT2D eigenvalue weighted by Gasteiger charge is 2.21. The second kappa shape index (κ2) is 6.42. The molecule has 1 fully saturated rings. The van der Waals surface area contributed by atoms with E-state index < -0.39 is 0 Å². The molecular weight excluding hydrogens is 304 g/mol. The fraction of sp³-hybridized carbons (Fsp3) is 0.533. The Morgan fingerprint density at radius 3 is 2.63 bits per heavy atom. The van der Waals surface area contributed by atoms with Crippen molar-refractivity contribution in [3.05, 3.63) is 28.2 Å². The largest absolute Gasteiger partial charge is 0.398 e. The molecule has 1 aromatic rings. The van der Waals surface area contributed by atoms with Gasteiger partial charge in [-0.05, 0) is 65.7 Å². The number of anilines is 1. The van der Waals surface area contributed by atoms with Gasteiger partial charge in [-0.3, -0.25) is 4.79 Å². The zero-order chi connectivity index (χ0) is 13.8. The van der Waals surface area contributed by atoms with Gasteiger partial charge in [0.1, 0.15) is 0 Å². The fourth-order valence-electron chi connectivity index (χ4n) is 2.67. The summed E-state index contributed by atoms with van der Waals surface area (Å²) in [5, 5.41) is 3.12. The van der Waals surface area contributed by atoms with Crippen LogP contribution in [0, 0.1) is 5.92 Å². The molecule has 0 saturated heterocycles. The lowest BCUT2D eigenvalue weighted by atomic mass is 9.84. The standard InChI is InChI=1S/C15H21BrN2O/c1-2-10-3-6-12(7-4-10)18-15(19)11-5-8-13(16)14(17)9-11/h5,8-10,12H,2-4,6-7,17H2,1H3,(H,18,19). The van der Waals surface area contributed by atoms with Crippen molar-refractivity contribution in [2.24, 2.45) is 5.92 Å². The number of nitrogens with two attached hydrogens (primary N) is 1. The number of hydrogen-bond acceptors (Lipinski definition) is 2. The predicted octanol–water partition coefficient (Wildman–Crippen LogP) is 3.73. The molecule has 1 aromatic carbocycles. The van der Waals surface area contributed by atoms with E-state index in [2.05, 4.69) is 28.2 Å². The normalized spacial score (nSPS) is 23.1. The summed E-state index contributed by atoms with van der Waals surface area (Å²) >= 11 is 3.33. The Morgan fingerprint density at radius 1 is 1.37 bits per heavy atom. The Hall–Kier alpha value is -1.03. The third-order valence-corrected chi connectivity index (χ3v) is 4.74. The minimum absolute atomic E-state index is 0.0147. The maximum absolute atomic E-state index is 12.1. The third-order valence-electron chi connectivity index (χ3n) is 4.02. The number of amides is 1. The van der Waals surface area contributed by atoms with Crippen LogP contribution in [-0.4, -0.2) is 11.9 Å². The van der Waals surface area contributed by atoms with Gasteiger partial charge in [-0.1, -0.05) is 13.3 Å². The van der Waals surface area contributed by atoms with Crippen molar-refractivity contribution in [3.8, 4) is 0 Å². The van der Waals surface area contributed by atoms with Crippen molar-refractivity contribution in [3.63, 3.8) is 0 Å². The zero-order valence-corrected chi connectivity index (χ0v) is 12.9. The van der Waals surface area contributed by atoms with Gasteiger partial charge in [0.2, 0.25) is 0 Å². The number of hydrogen-bond donors (Lipinski definition) is 2. The molecule has 0 aromatic heterocycles. The van der Waals surface area contributed by atoms with Crippen LogP contribution in [-0.2, 0) is 0 Å². The van der Waals surface area contributed by atoms with E-state index in [0.717, 1.165) is 23.2 Å². The van der Waals surface area contributed by atoms with E-state index in [1.807, 2.05) is 6.07 Å². The average Bonchev–Trinajstić information content (AvgIpc) is 2.42. The molecule has 4 heteroatoms. The maximum atomic E-state index is 12.1. The molecular formula is C15H21BrN2O. The molecule has 0 unspecified atom stereocenters. The van der Waals surface area contributed by atoms with E-state index in [9.17, 15) is 4.79 Å². The van der Waals surface area contributed by atoms with Crippen molar-refractivity contribution in [2.75, 3.05) is 5.73 Å². The molecule has 3 N–H and O–H groups in total. The summed E-state index contributed by atoms with van der Waals surface area (Å²) in [4.78, 5) is 12.1. The highest BCUT2D eigenvalue weighted by atomic mass is 79.9. The number of halogens is 1. The number of rotatable bonds is 3. The number of carbonyl (C=O) groups excluding carboxylic acids is 1. The summed E-state index contributed by atoms with van der Waals surface area (Å²) in [6.45, 7) is 2.24. The van der Waals surface area contributed by atoms with Gasteiger partial charge in [0, 0.05) is 21.8 Å². The van der Waals surface area contributed by atoms with Crippen LogP contribution in [0.25, 0.3) is 0 Å². The number of carbonyl (C=O) groups is 1. The molecule has 0 atom stereocenters. The van der Waals surface area contributed by atoms with Gasteiger partial charge >= 0.3 is 0 Å². The number of nitrogen functional groups attached to an aromatic ring is 1. The Balaban J connectivity index is 1.92. The fourth-order valence-corrected chi connectivity index (χ4v) is 2.92. The molecule has 0 spiro atoms. The van der Waals surface area contributed by atoms with E-state index >= 15 is 0 Å². The number of nitrogens with one attached hydrogen (secondary N) is 1. The van der Waals surface area contributed by atoms with Gasteiger partial charge in [0.15, 0.2) is 0 Å². The molecule has 3 nitrogen and oxygen atoms in total. The van der Waals surface area contributed by atoms with Crippen LogP contribution >= 0.6 is 15.9 Å². The molecule has 1 aliphatic carbocycles. The van der Waals surface area contributed by atoms with Crippen LogP contribution in [0.4, 0.5) is 5.69 Å². The first kappa shape index (κ1) is 14.4. The second-order valence-electron chi connectivity index (χ2n) is 5.34. The van der Waals surface area contributed by atoms with Crippen LogP contribution in [0.1, 0.15) is 49.4 Å². The van der Waals surface area contributed by atoms with Gasteiger partial charge in [0.25, 0.3) is 5.91 Å². The van der Waals surface area contributed by atoms with Crippen molar-refractivity contribution < 1.29 is 4.79 Å². The molecule has 1 amide bonds. The second-order valence-corrected chi connectivity index (χ2v) is 6.19. The van der Waals surface area contributed by atoms with Crippen molar-refractivity contribution in [2.45, 2.75) is 45.1 Å². The molecule has 0 radical (unpaired) electrons. The Labute approximate surface area is 123 Å². The molecule has 2 rings (SSSR count). The van der Waals surface area contributed by atoms with Gasteiger partial charge in [-0.2, -0.15) is 0 Å². The first-order valence-electron chi connectivity index (χ1n) is 6.96. The monoisotopic (exact) mass is 324 g/mol. The van der Waals surface area contributed by atoms with Gasteiger partial charge in [0.05, 0.1) is 0 Å². The summed E-state index contributed by atoms with van der Waals surface area (Å²) in [6, 6.07) is 5.66. The van der Waals surface area contributed by atoms with Gasteiger partial charge in [-0.25, -0.2) is 0 Å². The predicted molar refractivity (Wildman–Crippen MR) is 82.1 cm³/mol. The van der Waals surface area contributed by atoms with Crippen LogP contribution in [0.2, 0.25) is 0 Å². The lowest BCUT2D eigenvalue weighted by Gasteiger charge is -2.28. The summed E-state index contributed by atoms with van der Waals surface area (Å²) < 4.78 is 0.826. The molecule has 1 aliphatic rings. The first-order chi connectivity index (χ1) is 9.10. The quantitative estimate of drug-likeness (QED) is 0.832. The van der Waals surface area contributed by atoms with Crippen molar-refractivity contribution in [1.29, 1.82) is 0 Å². The molecule has 1 saturated carbocycles. The van der Waals surface area contributed by atoms with Crippen LogP contribution < -0.4 is 11.1 Å². The lowest BCUT2D eigenvalue weighted by molar-refractivity contribution is 0.0921. The van der Waals surface area contributed by atoms with Crippen LogP contribution in [0.5, 0.6) is 0 Å². The average molecular weight is 325 g/mol. The molecule has 0 bridgehead atoms. The van der Waals surface area contributed by atoms with Crippen molar-refractivity contribution in [1.82, 2.24) is 5.32 Å². The van der Waals surface area contributed by atoms with E-state index in [1.54, 1.807) is 12.1 Å². The molecule has 19 heavy (non-hydrogen) atoms. The third kappa shape index (κ3) is 3.72. The Morgan fingerprint density at radius 2 is 2.05 bits per heavy atom. The summed E-state index contributed by atoms with van der Waals surface area (Å²) in [7, 11) is 0. The van der Waals surface area contributed by atoms with E-state index in [-0.39, 0.29) is 5.91 Å². The summed E-state index contributed by atoms with van der Waals surface area (Å²) in [5.41, 5.74) is 7.04. The van der Waals surface area contributed by atoms with E-state index in [4.69, 9.17) is 5.73 Å². The maximum Gasteiger partial charge on any atom is 0.251 e. The minimum atomic E-state index is -0.0147. The summed E-state index contributed by atoms with van der Waals surface area (Å²) in [5.74, 6) is 0.829. The molecule has 104 valence electrons. The molecule has 0 aliphatic heterocycles. The Kier molecular flexibility index (Phi) is 4.86. The highest BCUT2D eigenvalue weighted by molar-refractivity contribution is 9.10. The SMILES string of the molecule is CCC1CCC(NC(=O)c2ccc(Br)c(N)c2)CC1. The zero-order valence-electron chi connectivity index (χ0n) is 11.3. The van der Waals surface area contributed by atoms with Crippen LogP contribution in [0.3, 0.4) is 0 Å². The first-order valence-corrected chi connectivity index (χ1v) is 7.75.